The van der Waals surface area contributed by atoms with Gasteiger partial charge in [-0.1, -0.05) is 30.3 Å². The van der Waals surface area contributed by atoms with Crippen LogP contribution in [-0.4, -0.2) is 55.4 Å². The van der Waals surface area contributed by atoms with Crippen LogP contribution in [-0.2, 0) is 0 Å². The smallest absolute Gasteiger partial charge is 0.340 e. The number of fused-ring (bicyclic) bond motifs is 3. The van der Waals surface area contributed by atoms with E-state index in [0.717, 1.165) is 5.56 Å². The molecular formula is C21H23FN4O2. The zero-order valence-electron chi connectivity index (χ0n) is 15.9. The number of ether oxygens (including phenoxy) is 1. The minimum absolute atomic E-state index is 0.154. The first-order valence-electron chi connectivity index (χ1n) is 9.35. The first kappa shape index (κ1) is 18.4. The Morgan fingerprint density at radius 3 is 2.86 bits per heavy atom. The summed E-state index contributed by atoms with van der Waals surface area (Å²) < 4.78 is 19.8. The lowest BCUT2D eigenvalue weighted by molar-refractivity contribution is 0.134. The van der Waals surface area contributed by atoms with Crippen LogP contribution >= 0.6 is 0 Å². The van der Waals surface area contributed by atoms with Crippen LogP contribution in [0.5, 0.6) is 5.75 Å². The summed E-state index contributed by atoms with van der Waals surface area (Å²) in [6.45, 7) is 1.63. The summed E-state index contributed by atoms with van der Waals surface area (Å²) in [6.07, 6.45) is 0. The second-order valence-electron chi connectivity index (χ2n) is 7.05. The molecule has 2 aromatic carbocycles. The van der Waals surface area contributed by atoms with Crippen molar-refractivity contribution < 1.29 is 13.9 Å². The average molecular weight is 382 g/mol. The maximum Gasteiger partial charge on any atom is 0.340 e. The Morgan fingerprint density at radius 2 is 2.11 bits per heavy atom. The van der Waals surface area contributed by atoms with Gasteiger partial charge in [0, 0.05) is 25.7 Å². The summed E-state index contributed by atoms with van der Waals surface area (Å²) in [4.78, 5) is 14.8. The Morgan fingerprint density at radius 1 is 1.32 bits per heavy atom. The van der Waals surface area contributed by atoms with E-state index in [2.05, 4.69) is 10.4 Å². The maximum absolute atomic E-state index is 13.9. The Balaban J connectivity index is 1.74. The highest BCUT2D eigenvalue weighted by atomic mass is 19.1. The van der Waals surface area contributed by atoms with Gasteiger partial charge in [-0.15, -0.1) is 0 Å². The van der Waals surface area contributed by atoms with Gasteiger partial charge in [0.15, 0.2) is 0 Å². The first-order valence-corrected chi connectivity index (χ1v) is 9.35. The predicted octanol–water partition coefficient (Wildman–Crippen LogP) is 2.87. The van der Waals surface area contributed by atoms with Crippen molar-refractivity contribution in [3.05, 3.63) is 65.5 Å². The topological polar surface area (TPSA) is 57.2 Å². The fraction of sp³-hybridized carbons (Fsp3) is 0.333. The van der Waals surface area contributed by atoms with Crippen molar-refractivity contribution in [1.29, 1.82) is 0 Å². The molecule has 2 amide bonds. The molecule has 2 aromatic rings. The average Bonchev–Trinajstić information content (AvgIpc) is 3.12. The van der Waals surface area contributed by atoms with Crippen molar-refractivity contribution in [2.24, 2.45) is 11.0 Å². The molecule has 2 aliphatic rings. The van der Waals surface area contributed by atoms with E-state index in [0.29, 0.717) is 36.7 Å². The summed E-state index contributed by atoms with van der Waals surface area (Å²) in [5.74, 6) is 0.0947. The molecule has 146 valence electrons. The van der Waals surface area contributed by atoms with Gasteiger partial charge in [0.25, 0.3) is 0 Å². The van der Waals surface area contributed by atoms with E-state index in [-0.39, 0.29) is 23.8 Å². The number of carbonyl (C=O) groups is 1. The van der Waals surface area contributed by atoms with Crippen LogP contribution in [0, 0.1) is 11.7 Å². The Kier molecular flexibility index (Phi) is 5.00. The molecule has 0 spiro atoms. The third kappa shape index (κ3) is 3.22. The Hall–Kier alpha value is -2.93. The van der Waals surface area contributed by atoms with Gasteiger partial charge in [-0.2, -0.15) is 5.10 Å². The maximum atomic E-state index is 13.9. The van der Waals surface area contributed by atoms with Gasteiger partial charge in [0.05, 0.1) is 24.3 Å². The van der Waals surface area contributed by atoms with Crippen LogP contribution in [0.1, 0.15) is 17.2 Å². The van der Waals surface area contributed by atoms with Crippen LogP contribution in [0.4, 0.5) is 9.18 Å². The van der Waals surface area contributed by atoms with Crippen molar-refractivity contribution in [3.63, 3.8) is 0 Å². The van der Waals surface area contributed by atoms with Crippen LogP contribution in [0.25, 0.3) is 0 Å². The lowest BCUT2D eigenvalue weighted by Gasteiger charge is -2.31. The second kappa shape index (κ2) is 7.59. The first-order chi connectivity index (χ1) is 13.6. The van der Waals surface area contributed by atoms with Crippen LogP contribution in [0.15, 0.2) is 53.6 Å². The summed E-state index contributed by atoms with van der Waals surface area (Å²) in [5, 5.41) is 9.24. The third-order valence-electron chi connectivity index (χ3n) is 5.21. The third-order valence-corrected chi connectivity index (χ3v) is 5.21. The molecule has 0 bridgehead atoms. The van der Waals surface area contributed by atoms with E-state index in [4.69, 9.17) is 4.74 Å². The van der Waals surface area contributed by atoms with Gasteiger partial charge < -0.3 is 15.0 Å². The van der Waals surface area contributed by atoms with E-state index in [1.54, 1.807) is 18.0 Å². The molecular weight excluding hydrogens is 359 g/mol. The molecule has 1 N–H and O–H groups in total. The molecule has 0 unspecified atom stereocenters. The number of nitrogens with zero attached hydrogens (tertiary/aromatic N) is 3. The van der Waals surface area contributed by atoms with Crippen molar-refractivity contribution in [2.75, 3.05) is 33.8 Å². The lowest BCUT2D eigenvalue weighted by atomic mass is 9.86. The van der Waals surface area contributed by atoms with Crippen molar-refractivity contribution >= 4 is 11.7 Å². The highest BCUT2D eigenvalue weighted by molar-refractivity contribution is 6.07. The number of urea groups is 1. The zero-order valence-corrected chi connectivity index (χ0v) is 15.9. The molecule has 0 radical (unpaired) electrons. The SMILES string of the molecule is CNCCN(C)C(=O)N1N=C2c3cc(F)ccc3OC[C@@H]2[C@@H]1c1ccccc1. The standard InChI is InChI=1S/C21H23FN4O2/c1-23-10-11-25(2)21(27)26-20(14-6-4-3-5-7-14)17-13-28-18-9-8-15(22)12-16(18)19(17)24-26/h3-9,12,17,20,23H,10-11,13H2,1-2H3/t17-,20-/m0/s1. The van der Waals surface area contributed by atoms with Gasteiger partial charge >= 0.3 is 6.03 Å². The van der Waals surface area contributed by atoms with Gasteiger partial charge in [-0.25, -0.2) is 14.2 Å². The van der Waals surface area contributed by atoms with Crippen molar-refractivity contribution in [1.82, 2.24) is 15.2 Å². The quantitative estimate of drug-likeness (QED) is 0.885. The highest BCUT2D eigenvalue weighted by Gasteiger charge is 2.45. The molecule has 2 atom stereocenters. The van der Waals surface area contributed by atoms with Gasteiger partial charge in [0.1, 0.15) is 11.6 Å². The normalized spacial score (nSPS) is 20.1. The molecule has 4 rings (SSSR count). The summed E-state index contributed by atoms with van der Waals surface area (Å²) in [6, 6.07) is 13.7. The molecule has 28 heavy (non-hydrogen) atoms. The van der Waals surface area contributed by atoms with Crippen LogP contribution in [0.3, 0.4) is 0 Å². The zero-order chi connectivity index (χ0) is 19.7. The molecule has 0 aliphatic carbocycles. The van der Waals surface area contributed by atoms with E-state index < -0.39 is 0 Å². The number of hydrogen-bond acceptors (Lipinski definition) is 4. The molecule has 7 heteroatoms. The van der Waals surface area contributed by atoms with Gasteiger partial charge in [-0.3, -0.25) is 0 Å². The Bertz CT molecular complexity index is 903. The summed E-state index contributed by atoms with van der Waals surface area (Å²) >= 11 is 0. The number of hydrogen-bond donors (Lipinski definition) is 1. The fourth-order valence-corrected chi connectivity index (χ4v) is 3.74. The molecule has 0 aromatic heterocycles. The molecule has 0 saturated heterocycles. The number of rotatable bonds is 4. The van der Waals surface area contributed by atoms with E-state index in [1.807, 2.05) is 37.4 Å². The predicted molar refractivity (Wildman–Crippen MR) is 105 cm³/mol. The van der Waals surface area contributed by atoms with Gasteiger partial charge in [0.2, 0.25) is 0 Å². The van der Waals surface area contributed by atoms with E-state index in [9.17, 15) is 9.18 Å². The number of benzene rings is 2. The molecule has 2 heterocycles. The van der Waals surface area contributed by atoms with Crippen molar-refractivity contribution in [2.45, 2.75) is 6.04 Å². The molecule has 0 saturated carbocycles. The highest BCUT2D eigenvalue weighted by Crippen LogP contribution is 2.42. The monoisotopic (exact) mass is 382 g/mol. The van der Waals surface area contributed by atoms with Crippen molar-refractivity contribution in [3.8, 4) is 5.75 Å². The molecule has 0 fully saturated rings. The summed E-state index contributed by atoms with van der Waals surface area (Å²) in [5.41, 5.74) is 2.29. The molecule has 2 aliphatic heterocycles. The lowest BCUT2D eigenvalue weighted by Crippen LogP contribution is -2.43. The van der Waals surface area contributed by atoms with Crippen LogP contribution < -0.4 is 10.1 Å². The van der Waals surface area contributed by atoms with E-state index >= 15 is 0 Å². The minimum Gasteiger partial charge on any atom is -0.492 e. The number of amides is 2. The number of nitrogens with one attached hydrogen (secondary N) is 1. The minimum atomic E-state index is -0.349. The Labute approximate surface area is 163 Å². The largest absolute Gasteiger partial charge is 0.492 e. The fourth-order valence-electron chi connectivity index (χ4n) is 3.74. The van der Waals surface area contributed by atoms with Gasteiger partial charge in [-0.05, 0) is 30.8 Å². The summed E-state index contributed by atoms with van der Waals surface area (Å²) in [7, 11) is 3.60. The molecule has 6 nitrogen and oxygen atoms in total. The number of halogens is 1. The van der Waals surface area contributed by atoms with Crippen LogP contribution in [0.2, 0.25) is 0 Å². The number of carbonyl (C=O) groups excluding carboxylic acids is 1. The van der Waals surface area contributed by atoms with E-state index in [1.165, 1.54) is 17.1 Å². The number of likely N-dealkylation sites (N-methyl/N-ethyl adjacent to an activating group) is 2. The second-order valence-corrected chi connectivity index (χ2v) is 7.05. The number of hydrazone groups is 1.